The predicted octanol–water partition coefficient (Wildman–Crippen LogP) is 7.25. The third-order valence-corrected chi connectivity index (χ3v) is 9.42. The van der Waals surface area contributed by atoms with Gasteiger partial charge in [-0.25, -0.2) is 13.2 Å². The van der Waals surface area contributed by atoms with Crippen molar-refractivity contribution in [2.45, 2.75) is 62.9 Å². The number of aromatic nitrogens is 1. The fourth-order valence-corrected chi connectivity index (χ4v) is 6.23. The molecule has 12 heteroatoms. The number of pyridine rings is 1. The maximum atomic E-state index is 15.2. The largest absolute Gasteiger partial charge is 0.493 e. The maximum absolute atomic E-state index is 15.2. The Morgan fingerprint density at radius 1 is 0.833 bits per heavy atom. The summed E-state index contributed by atoms with van der Waals surface area (Å²) >= 11 is 0. The van der Waals surface area contributed by atoms with Gasteiger partial charge in [-0.15, -0.1) is 0 Å². The molecule has 250 valence electrons. The van der Waals surface area contributed by atoms with Gasteiger partial charge >= 0.3 is 0 Å². The Kier molecular flexibility index (Phi) is 8.36. The molecular weight excluding hydrogens is 625 g/mol. The number of benzene rings is 3. The first-order valence-electron chi connectivity index (χ1n) is 16.1. The first-order valence-corrected chi connectivity index (χ1v) is 16.1. The molecule has 0 bridgehead atoms. The van der Waals surface area contributed by atoms with E-state index in [1.807, 2.05) is 6.07 Å². The Labute approximate surface area is 275 Å². The number of nitrogens with one attached hydrogen (secondary N) is 3. The van der Waals surface area contributed by atoms with E-state index in [0.29, 0.717) is 40.8 Å². The summed E-state index contributed by atoms with van der Waals surface area (Å²) in [5, 5.41) is 9.35. The van der Waals surface area contributed by atoms with Gasteiger partial charge in [0, 0.05) is 41.5 Å². The number of carbonyl (C=O) groups is 2. The molecule has 3 saturated carbocycles. The van der Waals surface area contributed by atoms with Crippen LogP contribution in [0.4, 0.5) is 24.5 Å². The van der Waals surface area contributed by atoms with Crippen molar-refractivity contribution in [1.82, 2.24) is 10.3 Å². The molecule has 2 amide bonds. The minimum atomic E-state index is -1.45. The van der Waals surface area contributed by atoms with Crippen molar-refractivity contribution in [2.75, 3.05) is 24.4 Å². The molecule has 1 heterocycles. The molecule has 48 heavy (non-hydrogen) atoms. The lowest BCUT2D eigenvalue weighted by Gasteiger charge is -2.23. The lowest BCUT2D eigenvalue weighted by molar-refractivity contribution is -0.131. The number of rotatable bonds is 12. The number of nitrogens with zero attached hydrogens (tertiary/aromatic N) is 1. The highest BCUT2D eigenvalue weighted by Crippen LogP contribution is 2.48. The van der Waals surface area contributed by atoms with Crippen LogP contribution in [-0.2, 0) is 9.59 Å². The standard InChI is InChI=1S/C36H35F3N4O5/c1-46-31-18-24-29(19-32(31)47-20-35(11-12-35)43-21-4-2-3-5-21)40-15-10-30(24)48-23-7-9-28(27(39)17-23)42-34(45)36(13-14-36)33(44)41-22-6-8-25(37)26(38)16-22/h6-10,15-19,21,43H,2-5,11-14,20H2,1H3,(H,41,44)(H,42,45). The molecule has 3 fully saturated rings. The van der Waals surface area contributed by atoms with Crippen LogP contribution in [0, 0.1) is 22.9 Å². The zero-order valence-corrected chi connectivity index (χ0v) is 26.3. The lowest BCUT2D eigenvalue weighted by Crippen LogP contribution is -2.42. The van der Waals surface area contributed by atoms with Gasteiger partial charge in [-0.05, 0) is 74.9 Å². The van der Waals surface area contributed by atoms with E-state index in [2.05, 4.69) is 20.9 Å². The van der Waals surface area contributed by atoms with E-state index in [9.17, 15) is 18.4 Å². The number of methoxy groups -OCH3 is 1. The zero-order chi connectivity index (χ0) is 33.5. The fraction of sp³-hybridized carbons (Fsp3) is 0.361. The summed E-state index contributed by atoms with van der Waals surface area (Å²) in [5.74, 6) is -2.69. The number of anilines is 2. The molecule has 9 nitrogen and oxygen atoms in total. The average molecular weight is 661 g/mol. The van der Waals surface area contributed by atoms with Gasteiger partial charge in [0.05, 0.1) is 23.9 Å². The lowest BCUT2D eigenvalue weighted by atomic mass is 10.0. The Morgan fingerprint density at radius 2 is 1.60 bits per heavy atom. The van der Waals surface area contributed by atoms with Gasteiger partial charge in [0.15, 0.2) is 23.1 Å². The quantitative estimate of drug-likeness (QED) is 0.137. The van der Waals surface area contributed by atoms with E-state index in [1.54, 1.807) is 25.4 Å². The van der Waals surface area contributed by atoms with E-state index in [4.69, 9.17) is 14.2 Å². The summed E-state index contributed by atoms with van der Waals surface area (Å²) < 4.78 is 60.0. The molecule has 1 aromatic heterocycles. The van der Waals surface area contributed by atoms with Crippen LogP contribution in [0.5, 0.6) is 23.0 Å². The summed E-state index contributed by atoms with van der Waals surface area (Å²) in [5.41, 5.74) is -0.972. The summed E-state index contributed by atoms with van der Waals surface area (Å²) in [6, 6.07) is 12.7. The van der Waals surface area contributed by atoms with Crippen LogP contribution in [0.25, 0.3) is 10.9 Å². The maximum Gasteiger partial charge on any atom is 0.240 e. The van der Waals surface area contributed by atoms with Crippen molar-refractivity contribution >= 4 is 34.1 Å². The zero-order valence-electron chi connectivity index (χ0n) is 26.3. The van der Waals surface area contributed by atoms with E-state index < -0.39 is 34.7 Å². The highest BCUT2D eigenvalue weighted by Gasteiger charge is 2.56. The highest BCUT2D eigenvalue weighted by molar-refractivity contribution is 6.17. The van der Waals surface area contributed by atoms with Crippen LogP contribution in [-0.4, -0.2) is 42.1 Å². The fourth-order valence-electron chi connectivity index (χ4n) is 6.23. The summed E-state index contributed by atoms with van der Waals surface area (Å²) in [4.78, 5) is 30.4. The topological polar surface area (TPSA) is 111 Å². The van der Waals surface area contributed by atoms with Crippen LogP contribution >= 0.6 is 0 Å². The first-order chi connectivity index (χ1) is 23.2. The van der Waals surface area contributed by atoms with Gasteiger partial charge in [0.25, 0.3) is 0 Å². The Morgan fingerprint density at radius 3 is 2.29 bits per heavy atom. The van der Waals surface area contributed by atoms with Gasteiger partial charge < -0.3 is 30.2 Å². The van der Waals surface area contributed by atoms with Gasteiger partial charge in [0.1, 0.15) is 29.3 Å². The second kappa shape index (κ2) is 12.6. The molecule has 0 saturated heterocycles. The number of hydrogen-bond acceptors (Lipinski definition) is 7. The van der Waals surface area contributed by atoms with Crippen molar-refractivity contribution in [3.05, 3.63) is 78.2 Å². The molecule has 3 aliphatic carbocycles. The van der Waals surface area contributed by atoms with Crippen molar-refractivity contribution in [1.29, 1.82) is 0 Å². The minimum absolute atomic E-state index is 0.000570. The van der Waals surface area contributed by atoms with E-state index in [0.717, 1.165) is 31.0 Å². The number of amides is 2. The number of halogens is 3. The number of fused-ring (bicyclic) bond motifs is 1. The molecule has 0 radical (unpaired) electrons. The van der Waals surface area contributed by atoms with E-state index in [-0.39, 0.29) is 35.5 Å². The van der Waals surface area contributed by atoms with E-state index >= 15 is 4.39 Å². The molecular formula is C36H35F3N4O5. The third-order valence-electron chi connectivity index (χ3n) is 9.42. The summed E-state index contributed by atoms with van der Waals surface area (Å²) in [7, 11) is 1.56. The van der Waals surface area contributed by atoms with Crippen LogP contribution < -0.4 is 30.2 Å². The van der Waals surface area contributed by atoms with E-state index in [1.165, 1.54) is 43.9 Å². The molecule has 4 aromatic rings. The molecule has 0 spiro atoms. The summed E-state index contributed by atoms with van der Waals surface area (Å²) in [6.07, 6.45) is 9.13. The van der Waals surface area contributed by atoms with Crippen molar-refractivity contribution in [2.24, 2.45) is 5.41 Å². The predicted molar refractivity (Wildman–Crippen MR) is 173 cm³/mol. The van der Waals surface area contributed by atoms with Crippen LogP contribution in [0.15, 0.2) is 60.8 Å². The molecule has 3 N–H and O–H groups in total. The number of ether oxygens (including phenoxy) is 3. The van der Waals surface area contributed by atoms with Crippen LogP contribution in [0.1, 0.15) is 51.4 Å². The first kappa shape index (κ1) is 31.7. The smallest absolute Gasteiger partial charge is 0.240 e. The number of carbonyl (C=O) groups excluding carboxylic acids is 2. The Bertz CT molecular complexity index is 1890. The molecule has 3 aliphatic rings. The molecule has 0 aliphatic heterocycles. The monoisotopic (exact) mass is 660 g/mol. The third kappa shape index (κ3) is 6.49. The second-order valence-corrected chi connectivity index (χ2v) is 12.9. The average Bonchev–Trinajstić information content (AvgIpc) is 3.99. The Balaban J connectivity index is 1.02. The van der Waals surface area contributed by atoms with Gasteiger partial charge in [0.2, 0.25) is 11.8 Å². The normalized spacial score (nSPS) is 17.5. The van der Waals surface area contributed by atoms with Crippen LogP contribution in [0.2, 0.25) is 0 Å². The van der Waals surface area contributed by atoms with Crippen molar-refractivity contribution < 1.29 is 37.0 Å². The van der Waals surface area contributed by atoms with Gasteiger partial charge in [-0.3, -0.25) is 14.6 Å². The minimum Gasteiger partial charge on any atom is -0.493 e. The Hall–Kier alpha value is -4.84. The van der Waals surface area contributed by atoms with Gasteiger partial charge in [-0.1, -0.05) is 12.8 Å². The molecule has 0 unspecified atom stereocenters. The van der Waals surface area contributed by atoms with Crippen molar-refractivity contribution in [3.63, 3.8) is 0 Å². The molecule has 7 rings (SSSR count). The highest BCUT2D eigenvalue weighted by atomic mass is 19.2. The van der Waals surface area contributed by atoms with Crippen LogP contribution in [0.3, 0.4) is 0 Å². The second-order valence-electron chi connectivity index (χ2n) is 12.9. The van der Waals surface area contributed by atoms with Gasteiger partial charge in [-0.2, -0.15) is 0 Å². The summed E-state index contributed by atoms with van der Waals surface area (Å²) in [6.45, 7) is 0.531. The van der Waals surface area contributed by atoms with Crippen molar-refractivity contribution in [3.8, 4) is 23.0 Å². The number of hydrogen-bond donors (Lipinski definition) is 3. The molecule has 0 atom stereocenters. The SMILES string of the molecule is COc1cc2c(Oc3ccc(NC(=O)C4(C(=O)Nc5ccc(F)c(F)c5)CC4)c(F)c3)ccnc2cc1OCC1(NC2CCCC2)CC1. The molecule has 3 aromatic carbocycles.